The minimum atomic E-state index is -0.275. The molecule has 0 aliphatic heterocycles. The summed E-state index contributed by atoms with van der Waals surface area (Å²) in [5, 5.41) is 1.16. The molecule has 90 valence electrons. The number of fused-ring (bicyclic) bond motifs is 1. The van der Waals surface area contributed by atoms with Crippen molar-refractivity contribution < 1.29 is 4.79 Å². The van der Waals surface area contributed by atoms with E-state index in [1.165, 1.54) is 5.56 Å². The molecule has 0 radical (unpaired) electrons. The Bertz CT molecular complexity index is 581. The number of hydrogen-bond acceptors (Lipinski definition) is 1. The lowest BCUT2D eigenvalue weighted by atomic mass is 10.0. The van der Waals surface area contributed by atoms with Gasteiger partial charge in [-0.2, -0.15) is 0 Å². The molecule has 0 bridgehead atoms. The molecule has 0 unspecified atom stereocenters. The van der Waals surface area contributed by atoms with Crippen molar-refractivity contribution in [2.45, 2.75) is 26.7 Å². The summed E-state index contributed by atoms with van der Waals surface area (Å²) in [5.41, 5.74) is 9.94. The van der Waals surface area contributed by atoms with E-state index >= 15 is 0 Å². The Hall–Kier alpha value is -1.77. The van der Waals surface area contributed by atoms with Gasteiger partial charge in [0.1, 0.15) is 0 Å². The summed E-state index contributed by atoms with van der Waals surface area (Å²) < 4.78 is 2.12. The van der Waals surface area contributed by atoms with E-state index in [0.717, 1.165) is 28.6 Å². The molecule has 0 aliphatic carbocycles. The number of primary amides is 1. The standard InChI is InChI=1S/C14H18N2O/c1-4-10-5-6-13-12(7-10)11(8-14(15)17)9(2)16(13)3/h5-7H,4,8H2,1-3H3,(H2,15,17). The largest absolute Gasteiger partial charge is 0.369 e. The van der Waals surface area contributed by atoms with Gasteiger partial charge in [-0.1, -0.05) is 13.0 Å². The highest BCUT2D eigenvalue weighted by molar-refractivity contribution is 5.90. The predicted molar refractivity (Wildman–Crippen MR) is 69.9 cm³/mol. The molecule has 0 spiro atoms. The summed E-state index contributed by atoms with van der Waals surface area (Å²) in [6, 6.07) is 6.42. The molecule has 17 heavy (non-hydrogen) atoms. The third-order valence-electron chi connectivity index (χ3n) is 3.45. The van der Waals surface area contributed by atoms with Crippen LogP contribution in [0.3, 0.4) is 0 Å². The van der Waals surface area contributed by atoms with Crippen molar-refractivity contribution in [3.05, 3.63) is 35.0 Å². The summed E-state index contributed by atoms with van der Waals surface area (Å²) in [4.78, 5) is 11.1. The Labute approximate surface area is 101 Å². The second-order valence-corrected chi connectivity index (χ2v) is 4.47. The Kier molecular flexibility index (Phi) is 2.92. The zero-order chi connectivity index (χ0) is 12.6. The molecule has 0 fully saturated rings. The van der Waals surface area contributed by atoms with Crippen LogP contribution in [-0.2, 0) is 24.7 Å². The lowest BCUT2D eigenvalue weighted by Gasteiger charge is -2.00. The van der Waals surface area contributed by atoms with Gasteiger partial charge >= 0.3 is 0 Å². The first-order valence-corrected chi connectivity index (χ1v) is 5.89. The Morgan fingerprint density at radius 2 is 2.12 bits per heavy atom. The summed E-state index contributed by atoms with van der Waals surface area (Å²) in [6.45, 7) is 4.16. The van der Waals surface area contributed by atoms with E-state index in [4.69, 9.17) is 5.73 Å². The average molecular weight is 230 g/mol. The highest BCUT2D eigenvalue weighted by atomic mass is 16.1. The quantitative estimate of drug-likeness (QED) is 0.862. The summed E-state index contributed by atoms with van der Waals surface area (Å²) in [6.07, 6.45) is 1.32. The minimum absolute atomic E-state index is 0.275. The number of amides is 1. The van der Waals surface area contributed by atoms with Crippen molar-refractivity contribution in [3.8, 4) is 0 Å². The van der Waals surface area contributed by atoms with Gasteiger partial charge in [0.15, 0.2) is 0 Å². The van der Waals surface area contributed by atoms with Crippen molar-refractivity contribution in [3.63, 3.8) is 0 Å². The zero-order valence-corrected chi connectivity index (χ0v) is 10.6. The highest BCUT2D eigenvalue weighted by Crippen LogP contribution is 2.26. The molecule has 3 heteroatoms. The van der Waals surface area contributed by atoms with E-state index in [2.05, 4.69) is 29.7 Å². The number of rotatable bonds is 3. The van der Waals surface area contributed by atoms with Crippen molar-refractivity contribution in [1.29, 1.82) is 0 Å². The molecule has 3 nitrogen and oxygen atoms in total. The average Bonchev–Trinajstić information content (AvgIpc) is 2.53. The molecule has 2 N–H and O–H groups in total. The van der Waals surface area contributed by atoms with Crippen molar-refractivity contribution >= 4 is 16.8 Å². The maximum absolute atomic E-state index is 11.1. The number of aromatic nitrogens is 1. The first-order chi connectivity index (χ1) is 8.04. The van der Waals surface area contributed by atoms with Crippen LogP contribution in [0.1, 0.15) is 23.7 Å². The number of carbonyl (C=O) groups excluding carboxylic acids is 1. The smallest absolute Gasteiger partial charge is 0.221 e. The van der Waals surface area contributed by atoms with Gasteiger partial charge in [-0.15, -0.1) is 0 Å². The molecule has 1 heterocycles. The maximum Gasteiger partial charge on any atom is 0.221 e. The van der Waals surface area contributed by atoms with Gasteiger partial charge < -0.3 is 10.3 Å². The summed E-state index contributed by atoms with van der Waals surface area (Å²) >= 11 is 0. The van der Waals surface area contributed by atoms with Gasteiger partial charge in [0.2, 0.25) is 5.91 Å². The van der Waals surface area contributed by atoms with E-state index < -0.39 is 0 Å². The molecular formula is C14H18N2O. The van der Waals surface area contributed by atoms with Crippen molar-refractivity contribution in [2.24, 2.45) is 12.8 Å². The Morgan fingerprint density at radius 3 is 2.71 bits per heavy atom. The van der Waals surface area contributed by atoms with Crippen LogP contribution in [-0.4, -0.2) is 10.5 Å². The highest BCUT2D eigenvalue weighted by Gasteiger charge is 2.13. The topological polar surface area (TPSA) is 48.0 Å². The molecule has 1 aromatic heterocycles. The zero-order valence-electron chi connectivity index (χ0n) is 10.6. The lowest BCUT2D eigenvalue weighted by Crippen LogP contribution is -2.14. The van der Waals surface area contributed by atoms with Crippen molar-refractivity contribution in [1.82, 2.24) is 4.57 Å². The third-order valence-corrected chi connectivity index (χ3v) is 3.45. The van der Waals surface area contributed by atoms with Crippen LogP contribution >= 0.6 is 0 Å². The molecule has 1 aromatic carbocycles. The molecule has 1 amide bonds. The van der Waals surface area contributed by atoms with Gasteiger partial charge in [-0.05, 0) is 36.6 Å². The fourth-order valence-corrected chi connectivity index (χ4v) is 2.31. The van der Waals surface area contributed by atoms with Gasteiger partial charge in [0, 0.05) is 23.6 Å². The van der Waals surface area contributed by atoms with E-state index in [1.807, 2.05) is 14.0 Å². The van der Waals surface area contributed by atoms with Crippen LogP contribution in [0.15, 0.2) is 18.2 Å². The second-order valence-electron chi connectivity index (χ2n) is 4.47. The fraction of sp³-hybridized carbons (Fsp3) is 0.357. The van der Waals surface area contributed by atoms with E-state index in [-0.39, 0.29) is 5.91 Å². The van der Waals surface area contributed by atoms with Crippen LogP contribution in [0, 0.1) is 6.92 Å². The van der Waals surface area contributed by atoms with E-state index in [1.54, 1.807) is 0 Å². The molecule has 0 saturated heterocycles. The summed E-state index contributed by atoms with van der Waals surface area (Å²) in [7, 11) is 2.02. The number of benzene rings is 1. The third kappa shape index (κ3) is 1.93. The number of nitrogens with two attached hydrogens (primary N) is 1. The fourth-order valence-electron chi connectivity index (χ4n) is 2.31. The second kappa shape index (κ2) is 4.24. The molecule has 2 aromatic rings. The molecule has 0 aliphatic rings. The van der Waals surface area contributed by atoms with Crippen LogP contribution in [0.5, 0.6) is 0 Å². The number of carbonyl (C=O) groups is 1. The molecule has 0 saturated carbocycles. The van der Waals surface area contributed by atoms with E-state index in [9.17, 15) is 4.79 Å². The first kappa shape index (κ1) is 11.7. The number of nitrogens with zero attached hydrogens (tertiary/aromatic N) is 1. The predicted octanol–water partition coefficient (Wildman–Crippen LogP) is 2.08. The lowest BCUT2D eigenvalue weighted by molar-refractivity contribution is -0.117. The van der Waals surface area contributed by atoms with E-state index in [0.29, 0.717) is 6.42 Å². The number of hydrogen-bond donors (Lipinski definition) is 1. The van der Waals surface area contributed by atoms with Gasteiger partial charge in [0.25, 0.3) is 0 Å². The van der Waals surface area contributed by atoms with Crippen LogP contribution < -0.4 is 5.73 Å². The number of aryl methyl sites for hydroxylation is 2. The van der Waals surface area contributed by atoms with Gasteiger partial charge in [0.05, 0.1) is 6.42 Å². The monoisotopic (exact) mass is 230 g/mol. The van der Waals surface area contributed by atoms with Crippen LogP contribution in [0.2, 0.25) is 0 Å². The van der Waals surface area contributed by atoms with Crippen molar-refractivity contribution in [2.75, 3.05) is 0 Å². The maximum atomic E-state index is 11.1. The van der Waals surface area contributed by atoms with Crippen LogP contribution in [0.25, 0.3) is 10.9 Å². The van der Waals surface area contributed by atoms with Crippen LogP contribution in [0.4, 0.5) is 0 Å². The first-order valence-electron chi connectivity index (χ1n) is 5.89. The summed E-state index contributed by atoms with van der Waals surface area (Å²) in [5.74, 6) is -0.275. The SMILES string of the molecule is CCc1ccc2c(c1)c(CC(N)=O)c(C)n2C. The van der Waals surface area contributed by atoms with Gasteiger partial charge in [-0.25, -0.2) is 0 Å². The molecule has 2 rings (SSSR count). The molecule has 0 atom stereocenters. The minimum Gasteiger partial charge on any atom is -0.369 e. The Morgan fingerprint density at radius 1 is 1.41 bits per heavy atom. The Balaban J connectivity index is 2.71. The normalized spacial score (nSPS) is 11.0. The van der Waals surface area contributed by atoms with Gasteiger partial charge in [-0.3, -0.25) is 4.79 Å². The molecular weight excluding hydrogens is 212 g/mol.